The maximum Gasteiger partial charge on any atom is 0.0698 e. The summed E-state index contributed by atoms with van der Waals surface area (Å²) in [7, 11) is 0. The molecule has 1 aliphatic heterocycles. The van der Waals surface area contributed by atoms with Gasteiger partial charge in [0.05, 0.1) is 19.8 Å². The normalized spacial score (nSPS) is 21.3. The maximum atomic E-state index is 8.76. The van der Waals surface area contributed by atoms with Gasteiger partial charge in [-0.25, -0.2) is 0 Å². The summed E-state index contributed by atoms with van der Waals surface area (Å²) < 4.78 is 5.43. The van der Waals surface area contributed by atoms with Crippen molar-refractivity contribution in [1.29, 1.82) is 0 Å². The van der Waals surface area contributed by atoms with Gasteiger partial charge in [-0.3, -0.25) is 0 Å². The minimum atomic E-state index is 0.0943. The predicted molar refractivity (Wildman–Crippen MR) is 78.8 cm³/mol. The lowest BCUT2D eigenvalue weighted by Gasteiger charge is -2.47. The van der Waals surface area contributed by atoms with E-state index < -0.39 is 0 Å². The summed E-state index contributed by atoms with van der Waals surface area (Å²) in [5, 5.41) is 8.76. The van der Waals surface area contributed by atoms with Crippen LogP contribution >= 0.6 is 0 Å². The topological polar surface area (TPSA) is 32.7 Å². The van der Waals surface area contributed by atoms with Gasteiger partial charge in [0.25, 0.3) is 0 Å². The number of benzene rings is 1. The van der Waals surface area contributed by atoms with Gasteiger partial charge in [-0.2, -0.15) is 0 Å². The zero-order valence-electron chi connectivity index (χ0n) is 12.2. The molecule has 0 saturated heterocycles. The van der Waals surface area contributed by atoms with Gasteiger partial charge >= 0.3 is 0 Å². The maximum absolute atomic E-state index is 8.76. The molecule has 106 valence electrons. The summed E-state index contributed by atoms with van der Waals surface area (Å²) in [4.78, 5) is 2.44. The SMILES string of the molecule is CC1CC(C)(C)N(CCOCCO)c2ccccc21. The summed E-state index contributed by atoms with van der Waals surface area (Å²) in [6, 6.07) is 8.66. The number of aliphatic hydroxyl groups excluding tert-OH is 1. The summed E-state index contributed by atoms with van der Waals surface area (Å²) >= 11 is 0. The highest BCUT2D eigenvalue weighted by Gasteiger charge is 2.35. The second-order valence-electron chi connectivity index (χ2n) is 5.96. The Bertz CT molecular complexity index is 417. The van der Waals surface area contributed by atoms with Crippen LogP contribution in [0.4, 0.5) is 5.69 Å². The standard InChI is InChI=1S/C16H25NO2/c1-13-12-16(2,3)17(8-10-19-11-9-18)15-7-5-4-6-14(13)15/h4-7,13,18H,8-12H2,1-3H3. The molecule has 1 atom stereocenters. The van der Waals surface area contributed by atoms with E-state index in [-0.39, 0.29) is 12.1 Å². The molecule has 0 aliphatic carbocycles. The number of rotatable bonds is 5. The molecular formula is C16H25NO2. The van der Waals surface area contributed by atoms with Crippen LogP contribution in [0.25, 0.3) is 0 Å². The summed E-state index contributed by atoms with van der Waals surface area (Å²) in [5.74, 6) is 0.598. The highest BCUT2D eigenvalue weighted by Crippen LogP contribution is 2.42. The van der Waals surface area contributed by atoms with E-state index in [4.69, 9.17) is 9.84 Å². The highest BCUT2D eigenvalue weighted by atomic mass is 16.5. The molecule has 3 nitrogen and oxygen atoms in total. The Labute approximate surface area is 116 Å². The van der Waals surface area contributed by atoms with Gasteiger partial charge in [0.2, 0.25) is 0 Å². The molecule has 0 amide bonds. The lowest BCUT2D eigenvalue weighted by Crippen LogP contribution is -2.49. The minimum Gasteiger partial charge on any atom is -0.394 e. The molecule has 0 fully saturated rings. The third-order valence-electron chi connectivity index (χ3n) is 3.99. The number of anilines is 1. The van der Waals surface area contributed by atoms with E-state index in [1.165, 1.54) is 11.3 Å². The molecule has 1 unspecified atom stereocenters. The van der Waals surface area contributed by atoms with Gasteiger partial charge in [0, 0.05) is 17.8 Å². The fraction of sp³-hybridized carbons (Fsp3) is 0.625. The molecule has 1 N–H and O–H groups in total. The van der Waals surface area contributed by atoms with Gasteiger partial charge in [0.1, 0.15) is 0 Å². The number of aliphatic hydroxyl groups is 1. The van der Waals surface area contributed by atoms with Crippen molar-refractivity contribution in [2.75, 3.05) is 31.3 Å². The number of nitrogens with zero attached hydrogens (tertiary/aromatic N) is 1. The Morgan fingerprint density at radius 1 is 1.32 bits per heavy atom. The average Bonchev–Trinajstić information content (AvgIpc) is 2.37. The smallest absolute Gasteiger partial charge is 0.0698 e. The monoisotopic (exact) mass is 263 g/mol. The van der Waals surface area contributed by atoms with E-state index in [0.717, 1.165) is 13.0 Å². The van der Waals surface area contributed by atoms with Crippen molar-refractivity contribution in [3.8, 4) is 0 Å². The molecule has 0 saturated carbocycles. The van der Waals surface area contributed by atoms with Crippen LogP contribution in [0, 0.1) is 0 Å². The molecule has 1 aromatic rings. The fourth-order valence-corrected chi connectivity index (χ4v) is 3.19. The van der Waals surface area contributed by atoms with Crippen LogP contribution in [0.15, 0.2) is 24.3 Å². The van der Waals surface area contributed by atoms with Gasteiger partial charge in [-0.1, -0.05) is 25.1 Å². The van der Waals surface area contributed by atoms with Crippen molar-refractivity contribution in [2.24, 2.45) is 0 Å². The zero-order chi connectivity index (χ0) is 13.9. The van der Waals surface area contributed by atoms with E-state index in [9.17, 15) is 0 Å². The molecule has 1 aromatic carbocycles. The van der Waals surface area contributed by atoms with Crippen LogP contribution in [-0.2, 0) is 4.74 Å². The third kappa shape index (κ3) is 3.10. The minimum absolute atomic E-state index is 0.0943. The van der Waals surface area contributed by atoms with Crippen molar-refractivity contribution in [2.45, 2.75) is 38.6 Å². The van der Waals surface area contributed by atoms with Crippen LogP contribution in [-0.4, -0.2) is 37.0 Å². The van der Waals surface area contributed by atoms with Crippen LogP contribution < -0.4 is 4.90 Å². The quantitative estimate of drug-likeness (QED) is 0.829. The molecule has 0 radical (unpaired) electrons. The van der Waals surface area contributed by atoms with Crippen LogP contribution in [0.3, 0.4) is 0 Å². The van der Waals surface area contributed by atoms with Gasteiger partial charge < -0.3 is 14.7 Å². The first-order chi connectivity index (χ1) is 9.06. The molecule has 19 heavy (non-hydrogen) atoms. The highest BCUT2D eigenvalue weighted by molar-refractivity contribution is 5.59. The number of para-hydroxylation sites is 1. The van der Waals surface area contributed by atoms with E-state index in [1.54, 1.807) is 0 Å². The predicted octanol–water partition coefficient (Wildman–Crippen LogP) is 2.79. The molecule has 0 bridgehead atoms. The van der Waals surface area contributed by atoms with Crippen molar-refractivity contribution >= 4 is 5.69 Å². The van der Waals surface area contributed by atoms with Crippen molar-refractivity contribution < 1.29 is 9.84 Å². The number of hydrogen-bond donors (Lipinski definition) is 1. The summed E-state index contributed by atoms with van der Waals surface area (Å²) in [6.45, 7) is 8.95. The van der Waals surface area contributed by atoms with E-state index in [0.29, 0.717) is 19.1 Å². The van der Waals surface area contributed by atoms with E-state index >= 15 is 0 Å². The Morgan fingerprint density at radius 2 is 2.05 bits per heavy atom. The molecule has 3 heteroatoms. The second-order valence-corrected chi connectivity index (χ2v) is 5.96. The first-order valence-electron chi connectivity index (χ1n) is 7.11. The average molecular weight is 263 g/mol. The molecular weight excluding hydrogens is 238 g/mol. The largest absolute Gasteiger partial charge is 0.394 e. The van der Waals surface area contributed by atoms with Crippen molar-refractivity contribution in [3.63, 3.8) is 0 Å². The third-order valence-corrected chi connectivity index (χ3v) is 3.99. The van der Waals surface area contributed by atoms with Crippen molar-refractivity contribution in [1.82, 2.24) is 0 Å². The fourth-order valence-electron chi connectivity index (χ4n) is 3.19. The first kappa shape index (κ1) is 14.4. The van der Waals surface area contributed by atoms with E-state index in [2.05, 4.69) is 49.9 Å². The van der Waals surface area contributed by atoms with Crippen molar-refractivity contribution in [3.05, 3.63) is 29.8 Å². The number of hydrogen-bond acceptors (Lipinski definition) is 3. The summed E-state index contributed by atoms with van der Waals surface area (Å²) in [6.07, 6.45) is 1.16. The lowest BCUT2D eigenvalue weighted by molar-refractivity contribution is 0.0940. The Kier molecular flexibility index (Phi) is 4.48. The number of fused-ring (bicyclic) bond motifs is 1. The Morgan fingerprint density at radius 3 is 2.79 bits per heavy atom. The molecule has 1 aliphatic rings. The van der Waals surface area contributed by atoms with E-state index in [1.807, 2.05) is 0 Å². The number of ether oxygens (including phenoxy) is 1. The van der Waals surface area contributed by atoms with Crippen LogP contribution in [0.1, 0.15) is 38.7 Å². The zero-order valence-corrected chi connectivity index (χ0v) is 12.2. The summed E-state index contributed by atoms with van der Waals surface area (Å²) in [5.41, 5.74) is 2.92. The Balaban J connectivity index is 2.17. The van der Waals surface area contributed by atoms with Gasteiger partial charge in [0.15, 0.2) is 0 Å². The molecule has 0 aromatic heterocycles. The second kappa shape index (κ2) is 5.93. The first-order valence-corrected chi connectivity index (χ1v) is 7.11. The van der Waals surface area contributed by atoms with Crippen LogP contribution in [0.5, 0.6) is 0 Å². The Hall–Kier alpha value is -1.06. The lowest BCUT2D eigenvalue weighted by atomic mass is 9.80. The molecule has 0 spiro atoms. The van der Waals surface area contributed by atoms with Gasteiger partial charge in [-0.15, -0.1) is 0 Å². The molecule has 2 rings (SSSR count). The molecule has 1 heterocycles. The van der Waals surface area contributed by atoms with Gasteiger partial charge in [-0.05, 0) is 37.8 Å². The van der Waals surface area contributed by atoms with Crippen LogP contribution in [0.2, 0.25) is 0 Å².